The Hall–Kier alpha value is -1.86. The predicted octanol–water partition coefficient (Wildman–Crippen LogP) is 4.16. The summed E-state index contributed by atoms with van der Waals surface area (Å²) in [6.07, 6.45) is 3.26. The van der Waals surface area contributed by atoms with Crippen molar-refractivity contribution in [3.63, 3.8) is 0 Å². The summed E-state index contributed by atoms with van der Waals surface area (Å²) < 4.78 is 17.9. The Bertz CT molecular complexity index is 822. The van der Waals surface area contributed by atoms with Crippen molar-refractivity contribution in [3.8, 4) is 11.5 Å². The van der Waals surface area contributed by atoms with Gasteiger partial charge in [-0.25, -0.2) is 4.79 Å². The lowest BCUT2D eigenvalue weighted by molar-refractivity contribution is 0.0520. The molecule has 0 amide bonds. The van der Waals surface area contributed by atoms with Crippen LogP contribution in [-0.4, -0.2) is 35.4 Å². The minimum Gasteiger partial charge on any atom is -0.462 e. The zero-order valence-corrected chi connectivity index (χ0v) is 16.6. The Morgan fingerprint density at radius 1 is 1.35 bits per heavy atom. The van der Waals surface area contributed by atoms with Gasteiger partial charge in [-0.05, 0) is 31.2 Å². The first-order chi connectivity index (χ1) is 12.6. The van der Waals surface area contributed by atoms with Crippen molar-refractivity contribution in [1.29, 1.82) is 0 Å². The van der Waals surface area contributed by atoms with Gasteiger partial charge in [0.25, 0.3) is 0 Å². The highest BCUT2D eigenvalue weighted by atomic mass is 35.5. The lowest BCUT2D eigenvalue weighted by Crippen LogP contribution is -2.09. The van der Waals surface area contributed by atoms with Gasteiger partial charge in [-0.1, -0.05) is 18.5 Å². The third-order valence-corrected chi connectivity index (χ3v) is 5.14. The molecule has 0 atom stereocenters. The molecule has 0 aliphatic carbocycles. The van der Waals surface area contributed by atoms with Gasteiger partial charge in [0.05, 0.1) is 12.3 Å². The molecule has 0 N–H and O–H groups in total. The molecule has 2 heterocycles. The number of fused-ring (bicyclic) bond motifs is 1. The average molecular weight is 397 g/mol. The average Bonchev–Trinajstić information content (AvgIpc) is 3.19. The lowest BCUT2D eigenvalue weighted by atomic mass is 10.1. The van der Waals surface area contributed by atoms with E-state index in [0.29, 0.717) is 40.8 Å². The molecule has 1 aromatic heterocycles. The summed E-state index contributed by atoms with van der Waals surface area (Å²) >= 11 is 7.89. The summed E-state index contributed by atoms with van der Waals surface area (Å²) in [5.41, 5.74) is 2.00. The van der Waals surface area contributed by atoms with Gasteiger partial charge in [0.15, 0.2) is 11.5 Å². The van der Waals surface area contributed by atoms with E-state index in [9.17, 15) is 4.79 Å². The lowest BCUT2D eigenvalue weighted by Gasteiger charge is -2.07. The molecule has 0 fully saturated rings. The smallest absolute Gasteiger partial charge is 0.342 e. The van der Waals surface area contributed by atoms with E-state index in [1.54, 1.807) is 13.0 Å². The summed E-state index contributed by atoms with van der Waals surface area (Å²) in [4.78, 5) is 12.6. The molecule has 2 aromatic rings. The monoisotopic (exact) mass is 396 g/mol. The van der Waals surface area contributed by atoms with Crippen LogP contribution in [0.5, 0.6) is 11.5 Å². The third kappa shape index (κ3) is 3.64. The van der Waals surface area contributed by atoms with Crippen molar-refractivity contribution >= 4 is 29.3 Å². The van der Waals surface area contributed by atoms with E-state index in [4.69, 9.17) is 25.8 Å². The summed E-state index contributed by atoms with van der Waals surface area (Å²) in [6, 6.07) is 3.58. The van der Waals surface area contributed by atoms with Crippen LogP contribution in [0.25, 0.3) is 0 Å². The number of aryl methyl sites for hydroxylation is 1. The van der Waals surface area contributed by atoms with Crippen molar-refractivity contribution in [1.82, 2.24) is 9.78 Å². The topological polar surface area (TPSA) is 62.6 Å². The Labute approximate surface area is 161 Å². The SMILES string of the molecule is CCCn1nc(Cc2cc3c(cc2Cl)OCO3)c(C(=O)OCC)c1SC. The minimum atomic E-state index is -0.355. The van der Waals surface area contributed by atoms with E-state index in [-0.39, 0.29) is 12.8 Å². The second-order valence-corrected chi connectivity index (χ2v) is 6.95. The number of aromatic nitrogens is 2. The van der Waals surface area contributed by atoms with Crippen LogP contribution in [0.1, 0.15) is 41.9 Å². The van der Waals surface area contributed by atoms with Crippen LogP contribution in [0.2, 0.25) is 5.02 Å². The zero-order valence-electron chi connectivity index (χ0n) is 15.0. The molecule has 140 valence electrons. The zero-order chi connectivity index (χ0) is 18.7. The van der Waals surface area contributed by atoms with Crippen LogP contribution in [0.3, 0.4) is 0 Å². The maximum absolute atomic E-state index is 12.6. The van der Waals surface area contributed by atoms with E-state index in [0.717, 1.165) is 23.6 Å². The largest absolute Gasteiger partial charge is 0.462 e. The van der Waals surface area contributed by atoms with Crippen LogP contribution < -0.4 is 9.47 Å². The fourth-order valence-corrected chi connectivity index (χ4v) is 3.84. The van der Waals surface area contributed by atoms with Gasteiger partial charge in [0.1, 0.15) is 10.6 Å². The molecule has 26 heavy (non-hydrogen) atoms. The van der Waals surface area contributed by atoms with Crippen LogP contribution >= 0.6 is 23.4 Å². The molecule has 1 aromatic carbocycles. The summed E-state index contributed by atoms with van der Waals surface area (Å²) in [6.45, 7) is 5.10. The summed E-state index contributed by atoms with van der Waals surface area (Å²) in [5.74, 6) is 0.928. The number of carbonyl (C=O) groups is 1. The molecule has 6 nitrogen and oxygen atoms in total. The standard InChI is InChI=1S/C18H21ClN2O4S/c1-4-6-21-17(26-3)16(18(22)23-5-2)13(20-21)7-11-8-14-15(9-12(11)19)25-10-24-14/h8-9H,4-7,10H2,1-3H3. The highest BCUT2D eigenvalue weighted by molar-refractivity contribution is 7.98. The van der Waals surface area contributed by atoms with E-state index >= 15 is 0 Å². The number of ether oxygens (including phenoxy) is 3. The molecule has 0 radical (unpaired) electrons. The molecule has 0 bridgehead atoms. The predicted molar refractivity (Wildman–Crippen MR) is 101 cm³/mol. The number of thioether (sulfide) groups is 1. The number of hydrogen-bond donors (Lipinski definition) is 0. The van der Waals surface area contributed by atoms with Crippen molar-refractivity contribution in [3.05, 3.63) is 34.0 Å². The van der Waals surface area contributed by atoms with E-state index < -0.39 is 0 Å². The number of rotatable bonds is 7. The number of carbonyl (C=O) groups excluding carboxylic acids is 1. The Kier molecular flexibility index (Phi) is 5.98. The number of halogens is 1. The molecule has 0 unspecified atom stereocenters. The molecule has 0 spiro atoms. The van der Waals surface area contributed by atoms with Crippen LogP contribution in [0.4, 0.5) is 0 Å². The second kappa shape index (κ2) is 8.22. The summed E-state index contributed by atoms with van der Waals surface area (Å²) in [7, 11) is 0. The molecule has 8 heteroatoms. The molecule has 3 rings (SSSR count). The number of esters is 1. The first-order valence-electron chi connectivity index (χ1n) is 8.47. The maximum atomic E-state index is 12.6. The maximum Gasteiger partial charge on any atom is 0.342 e. The van der Waals surface area contributed by atoms with Gasteiger partial charge in [-0.15, -0.1) is 11.8 Å². The van der Waals surface area contributed by atoms with Crippen LogP contribution in [0, 0.1) is 0 Å². The Morgan fingerprint density at radius 3 is 2.73 bits per heavy atom. The van der Waals surface area contributed by atoms with Crippen molar-refractivity contribution in [2.75, 3.05) is 19.7 Å². The van der Waals surface area contributed by atoms with Gasteiger partial charge < -0.3 is 14.2 Å². The molecular weight excluding hydrogens is 376 g/mol. The molecular formula is C18H21ClN2O4S. The number of benzene rings is 1. The fourth-order valence-electron chi connectivity index (χ4n) is 2.87. The van der Waals surface area contributed by atoms with Crippen molar-refractivity contribution in [2.45, 2.75) is 38.3 Å². The summed E-state index contributed by atoms with van der Waals surface area (Å²) in [5, 5.41) is 6.04. The Balaban J connectivity index is 2.02. The number of nitrogens with zero attached hydrogens (tertiary/aromatic N) is 2. The van der Waals surface area contributed by atoms with Gasteiger partial charge >= 0.3 is 5.97 Å². The highest BCUT2D eigenvalue weighted by Gasteiger charge is 2.26. The quantitative estimate of drug-likeness (QED) is 0.517. The first kappa shape index (κ1) is 18.9. The molecule has 0 saturated heterocycles. The molecule has 0 saturated carbocycles. The van der Waals surface area contributed by atoms with Gasteiger partial charge in [0, 0.05) is 24.1 Å². The van der Waals surface area contributed by atoms with Gasteiger partial charge in [0.2, 0.25) is 6.79 Å². The first-order valence-corrected chi connectivity index (χ1v) is 10.1. The Morgan fingerprint density at radius 2 is 2.08 bits per heavy atom. The minimum absolute atomic E-state index is 0.185. The highest BCUT2D eigenvalue weighted by Crippen LogP contribution is 2.38. The number of hydrogen-bond acceptors (Lipinski definition) is 6. The fraction of sp³-hybridized carbons (Fsp3) is 0.444. The van der Waals surface area contributed by atoms with E-state index in [1.807, 2.05) is 17.0 Å². The molecule has 1 aliphatic rings. The normalized spacial score (nSPS) is 12.5. The van der Waals surface area contributed by atoms with E-state index in [1.165, 1.54) is 11.8 Å². The second-order valence-electron chi connectivity index (χ2n) is 5.75. The van der Waals surface area contributed by atoms with Crippen LogP contribution in [0.15, 0.2) is 17.2 Å². The van der Waals surface area contributed by atoms with Crippen molar-refractivity contribution < 1.29 is 19.0 Å². The van der Waals surface area contributed by atoms with E-state index in [2.05, 4.69) is 12.0 Å². The third-order valence-electron chi connectivity index (χ3n) is 3.99. The van der Waals surface area contributed by atoms with Crippen LogP contribution in [-0.2, 0) is 17.7 Å². The van der Waals surface area contributed by atoms with Crippen molar-refractivity contribution in [2.24, 2.45) is 0 Å². The molecule has 1 aliphatic heterocycles. The van der Waals surface area contributed by atoms with Gasteiger partial charge in [-0.3, -0.25) is 4.68 Å². The van der Waals surface area contributed by atoms with Gasteiger partial charge in [-0.2, -0.15) is 5.10 Å².